The maximum Gasteiger partial charge on any atom is 0.277 e. The van der Waals surface area contributed by atoms with Crippen LogP contribution >= 0.6 is 23.2 Å². The highest BCUT2D eigenvalue weighted by Crippen LogP contribution is 2.35. The van der Waals surface area contributed by atoms with E-state index < -0.39 is 17.6 Å². The Labute approximate surface area is 141 Å². The van der Waals surface area contributed by atoms with Crippen molar-refractivity contribution in [1.29, 1.82) is 0 Å². The van der Waals surface area contributed by atoms with E-state index in [1.165, 1.54) is 12.1 Å². The number of amides is 2. The molecule has 0 N–H and O–H groups in total. The Morgan fingerprint density at radius 2 is 1.61 bits per heavy atom. The van der Waals surface area contributed by atoms with Gasteiger partial charge >= 0.3 is 0 Å². The molecule has 23 heavy (non-hydrogen) atoms. The van der Waals surface area contributed by atoms with Gasteiger partial charge in [-0.25, -0.2) is 9.29 Å². The highest BCUT2D eigenvalue weighted by molar-refractivity contribution is 6.60. The van der Waals surface area contributed by atoms with Gasteiger partial charge in [-0.05, 0) is 30.7 Å². The van der Waals surface area contributed by atoms with Gasteiger partial charge in [-0.15, -0.1) is 0 Å². The Bertz CT molecular complexity index is 859. The summed E-state index contributed by atoms with van der Waals surface area (Å²) >= 11 is 11.8. The van der Waals surface area contributed by atoms with Crippen LogP contribution in [0.4, 0.5) is 10.1 Å². The van der Waals surface area contributed by atoms with Crippen molar-refractivity contribution in [3.8, 4) is 0 Å². The van der Waals surface area contributed by atoms with Crippen molar-refractivity contribution in [3.05, 3.63) is 69.5 Å². The molecule has 1 heterocycles. The molecule has 0 aliphatic carbocycles. The number of benzene rings is 2. The van der Waals surface area contributed by atoms with Crippen molar-refractivity contribution < 1.29 is 14.0 Å². The molecule has 2 aromatic carbocycles. The topological polar surface area (TPSA) is 37.4 Å². The molecule has 1 aliphatic heterocycles. The Kier molecular flexibility index (Phi) is 3.96. The van der Waals surface area contributed by atoms with Gasteiger partial charge in [0.2, 0.25) is 0 Å². The zero-order valence-corrected chi connectivity index (χ0v) is 13.5. The lowest BCUT2D eigenvalue weighted by atomic mass is 10.0. The quantitative estimate of drug-likeness (QED) is 0.757. The molecule has 0 saturated heterocycles. The van der Waals surface area contributed by atoms with Crippen molar-refractivity contribution in [1.82, 2.24) is 0 Å². The van der Waals surface area contributed by atoms with Gasteiger partial charge in [0.15, 0.2) is 0 Å². The van der Waals surface area contributed by atoms with Gasteiger partial charge in [0.1, 0.15) is 10.8 Å². The lowest BCUT2D eigenvalue weighted by Gasteiger charge is -2.15. The summed E-state index contributed by atoms with van der Waals surface area (Å²) in [4.78, 5) is 25.9. The van der Waals surface area contributed by atoms with Crippen LogP contribution in [0.25, 0.3) is 5.57 Å². The highest BCUT2D eigenvalue weighted by atomic mass is 35.5. The summed E-state index contributed by atoms with van der Waals surface area (Å²) in [6.45, 7) is 1.91. The fourth-order valence-electron chi connectivity index (χ4n) is 2.33. The first-order valence-electron chi connectivity index (χ1n) is 6.71. The molecule has 0 bridgehead atoms. The molecular weight excluding hydrogens is 340 g/mol. The Morgan fingerprint density at radius 1 is 0.957 bits per heavy atom. The fraction of sp³-hybridized carbons (Fsp3) is 0.0588. The van der Waals surface area contributed by atoms with E-state index >= 15 is 0 Å². The molecule has 6 heteroatoms. The third-order valence-electron chi connectivity index (χ3n) is 3.53. The molecule has 0 atom stereocenters. The van der Waals surface area contributed by atoms with E-state index in [0.29, 0.717) is 5.56 Å². The first kappa shape index (κ1) is 15.7. The lowest BCUT2D eigenvalue weighted by molar-refractivity contribution is -0.119. The molecule has 0 aromatic heterocycles. The minimum Gasteiger partial charge on any atom is -0.268 e. The number of nitrogens with zero attached hydrogens (tertiary/aromatic N) is 1. The van der Waals surface area contributed by atoms with Crippen LogP contribution < -0.4 is 4.90 Å². The molecule has 0 fully saturated rings. The van der Waals surface area contributed by atoms with Gasteiger partial charge in [0, 0.05) is 0 Å². The zero-order chi connectivity index (χ0) is 16.7. The second-order valence-corrected chi connectivity index (χ2v) is 5.88. The van der Waals surface area contributed by atoms with Gasteiger partial charge in [0.25, 0.3) is 11.8 Å². The molecule has 116 valence electrons. The second kappa shape index (κ2) is 5.80. The third kappa shape index (κ3) is 2.64. The van der Waals surface area contributed by atoms with Crippen LogP contribution in [0.2, 0.25) is 5.02 Å². The number of imide groups is 1. The minimum absolute atomic E-state index is 0.122. The summed E-state index contributed by atoms with van der Waals surface area (Å²) in [5, 5.41) is -0.345. The summed E-state index contributed by atoms with van der Waals surface area (Å²) in [7, 11) is 0. The summed E-state index contributed by atoms with van der Waals surface area (Å²) in [6, 6.07) is 10.7. The van der Waals surface area contributed by atoms with Gasteiger partial charge < -0.3 is 0 Å². The molecule has 2 aromatic rings. The smallest absolute Gasteiger partial charge is 0.268 e. The van der Waals surface area contributed by atoms with E-state index in [-0.39, 0.29) is 21.3 Å². The number of aryl methyl sites for hydroxylation is 1. The van der Waals surface area contributed by atoms with Crippen molar-refractivity contribution >= 4 is 46.3 Å². The van der Waals surface area contributed by atoms with Gasteiger partial charge in [-0.1, -0.05) is 53.0 Å². The number of rotatable bonds is 2. The van der Waals surface area contributed by atoms with Crippen molar-refractivity contribution in [2.45, 2.75) is 6.92 Å². The lowest BCUT2D eigenvalue weighted by Crippen LogP contribution is -2.31. The number of carbonyl (C=O) groups is 2. The first-order chi connectivity index (χ1) is 10.9. The normalized spacial score (nSPS) is 14.9. The monoisotopic (exact) mass is 349 g/mol. The summed E-state index contributed by atoms with van der Waals surface area (Å²) in [5.41, 5.74) is 1.86. The van der Waals surface area contributed by atoms with E-state index in [2.05, 4.69) is 0 Å². The molecule has 0 unspecified atom stereocenters. The number of carbonyl (C=O) groups excluding carboxylic acids is 2. The SMILES string of the molecule is Cc1ccc(C2=C(Cl)C(=O)N(c3ccc(F)c(Cl)c3)C2=O)cc1. The van der Waals surface area contributed by atoms with Crippen LogP contribution in [0.3, 0.4) is 0 Å². The zero-order valence-electron chi connectivity index (χ0n) is 11.9. The molecule has 3 rings (SSSR count). The van der Waals surface area contributed by atoms with E-state index in [4.69, 9.17) is 23.2 Å². The average molecular weight is 350 g/mol. The number of halogens is 3. The van der Waals surface area contributed by atoms with Crippen LogP contribution in [-0.4, -0.2) is 11.8 Å². The number of hydrogen-bond donors (Lipinski definition) is 0. The Hall–Kier alpha value is -2.17. The third-order valence-corrected chi connectivity index (χ3v) is 4.17. The van der Waals surface area contributed by atoms with E-state index in [1.54, 1.807) is 12.1 Å². The van der Waals surface area contributed by atoms with Crippen LogP contribution in [0.1, 0.15) is 11.1 Å². The predicted octanol–water partition coefficient (Wildman–Crippen LogP) is 4.31. The minimum atomic E-state index is -0.657. The van der Waals surface area contributed by atoms with E-state index in [9.17, 15) is 14.0 Å². The summed E-state index contributed by atoms with van der Waals surface area (Å²) in [5.74, 6) is -1.85. The Morgan fingerprint density at radius 3 is 2.22 bits per heavy atom. The van der Waals surface area contributed by atoms with Crippen LogP contribution in [0.5, 0.6) is 0 Å². The van der Waals surface area contributed by atoms with E-state index in [0.717, 1.165) is 16.5 Å². The average Bonchev–Trinajstić information content (AvgIpc) is 2.74. The van der Waals surface area contributed by atoms with Crippen LogP contribution in [0, 0.1) is 12.7 Å². The Balaban J connectivity index is 2.05. The molecule has 0 radical (unpaired) electrons. The summed E-state index contributed by atoms with van der Waals surface area (Å²) in [6.07, 6.45) is 0. The first-order valence-corrected chi connectivity index (χ1v) is 7.46. The molecule has 0 saturated carbocycles. The molecule has 1 aliphatic rings. The van der Waals surface area contributed by atoms with Crippen molar-refractivity contribution in [2.75, 3.05) is 4.90 Å². The number of hydrogen-bond acceptors (Lipinski definition) is 2. The standard InChI is InChI=1S/C17H10Cl2FNO2/c1-9-2-4-10(5-3-9)14-15(19)17(23)21(16(14)22)11-6-7-13(20)12(18)8-11/h2-8H,1H3. The molecular formula is C17H10Cl2FNO2. The van der Waals surface area contributed by atoms with Crippen molar-refractivity contribution in [2.24, 2.45) is 0 Å². The van der Waals surface area contributed by atoms with Crippen LogP contribution in [-0.2, 0) is 9.59 Å². The predicted molar refractivity (Wildman–Crippen MR) is 87.9 cm³/mol. The van der Waals surface area contributed by atoms with Gasteiger partial charge in [-0.2, -0.15) is 0 Å². The van der Waals surface area contributed by atoms with Crippen LogP contribution in [0.15, 0.2) is 47.5 Å². The van der Waals surface area contributed by atoms with Gasteiger partial charge in [-0.3, -0.25) is 9.59 Å². The van der Waals surface area contributed by atoms with Crippen molar-refractivity contribution in [3.63, 3.8) is 0 Å². The van der Waals surface area contributed by atoms with Gasteiger partial charge in [0.05, 0.1) is 16.3 Å². The fourth-order valence-corrected chi connectivity index (χ4v) is 2.78. The molecule has 2 amide bonds. The maximum absolute atomic E-state index is 13.3. The summed E-state index contributed by atoms with van der Waals surface area (Å²) < 4.78 is 13.3. The highest BCUT2D eigenvalue weighted by Gasteiger charge is 2.39. The number of anilines is 1. The molecule has 3 nitrogen and oxygen atoms in total. The molecule has 0 spiro atoms. The maximum atomic E-state index is 13.3. The largest absolute Gasteiger partial charge is 0.277 e. The second-order valence-electron chi connectivity index (χ2n) is 5.10. The van der Waals surface area contributed by atoms with E-state index in [1.807, 2.05) is 19.1 Å².